The van der Waals surface area contributed by atoms with Crippen molar-refractivity contribution in [2.45, 2.75) is 31.5 Å². The number of hydrogen-bond donors (Lipinski definition) is 0. The number of thioether (sulfide) groups is 1. The van der Waals surface area contributed by atoms with E-state index in [0.29, 0.717) is 55.6 Å². The monoisotopic (exact) mass is 482 g/mol. The number of carbonyl (C=O) groups is 2. The molecule has 4 rings (SSSR count). The Hall–Kier alpha value is -3.20. The lowest BCUT2D eigenvalue weighted by Gasteiger charge is -2.30. The van der Waals surface area contributed by atoms with E-state index < -0.39 is 0 Å². The van der Waals surface area contributed by atoms with Crippen molar-refractivity contribution >= 4 is 23.6 Å². The molecule has 178 valence electrons. The van der Waals surface area contributed by atoms with Crippen molar-refractivity contribution in [1.82, 2.24) is 19.7 Å². The normalized spacial score (nSPS) is 14.2. The average Bonchev–Trinajstić information content (AvgIpc) is 3.25. The fourth-order valence-corrected chi connectivity index (χ4v) is 4.83. The summed E-state index contributed by atoms with van der Waals surface area (Å²) in [4.78, 5) is 26.6. The van der Waals surface area contributed by atoms with E-state index in [9.17, 15) is 14.0 Å². The maximum atomic E-state index is 14.5. The Balaban J connectivity index is 1.46. The number of halogens is 1. The van der Waals surface area contributed by atoms with Crippen molar-refractivity contribution in [3.8, 4) is 11.4 Å². The van der Waals surface area contributed by atoms with Gasteiger partial charge in [0.15, 0.2) is 11.0 Å². The maximum absolute atomic E-state index is 14.5. The highest BCUT2D eigenvalue weighted by atomic mass is 32.2. The van der Waals surface area contributed by atoms with Gasteiger partial charge in [0, 0.05) is 13.1 Å². The summed E-state index contributed by atoms with van der Waals surface area (Å²) in [6, 6.07) is 16.3. The molecule has 1 aliphatic heterocycles. The minimum absolute atomic E-state index is 0.0194. The number of nitrogens with zero attached hydrogens (tertiary/aromatic N) is 4. The summed E-state index contributed by atoms with van der Waals surface area (Å²) in [5.41, 5.74) is 1.39. The lowest BCUT2D eigenvalue weighted by molar-refractivity contribution is -0.151. The van der Waals surface area contributed by atoms with Gasteiger partial charge in [0.25, 0.3) is 0 Å². The van der Waals surface area contributed by atoms with Gasteiger partial charge in [-0.25, -0.2) is 4.39 Å². The first-order chi connectivity index (χ1) is 16.6. The van der Waals surface area contributed by atoms with E-state index in [1.807, 2.05) is 34.9 Å². The van der Waals surface area contributed by atoms with Gasteiger partial charge < -0.3 is 9.64 Å². The van der Waals surface area contributed by atoms with Crippen LogP contribution in [0.3, 0.4) is 0 Å². The molecule has 0 bridgehead atoms. The number of carbonyl (C=O) groups excluding carboxylic acids is 2. The number of likely N-dealkylation sites (tertiary alicyclic amines) is 1. The first-order valence-corrected chi connectivity index (χ1v) is 12.3. The molecule has 7 nitrogen and oxygen atoms in total. The summed E-state index contributed by atoms with van der Waals surface area (Å²) in [7, 11) is 0. The zero-order valence-corrected chi connectivity index (χ0v) is 19.8. The Morgan fingerprint density at radius 1 is 1.06 bits per heavy atom. The van der Waals surface area contributed by atoms with Crippen molar-refractivity contribution in [2.75, 3.05) is 25.4 Å². The highest BCUT2D eigenvalue weighted by molar-refractivity contribution is 7.99. The molecule has 1 aromatic heterocycles. The molecule has 0 unspecified atom stereocenters. The molecule has 1 fully saturated rings. The number of benzene rings is 2. The van der Waals surface area contributed by atoms with E-state index in [2.05, 4.69) is 10.2 Å². The first-order valence-electron chi connectivity index (χ1n) is 11.4. The van der Waals surface area contributed by atoms with Crippen LogP contribution in [0.4, 0.5) is 4.39 Å². The molecule has 0 radical (unpaired) electrons. The number of piperidine rings is 1. The van der Waals surface area contributed by atoms with Crippen LogP contribution in [0, 0.1) is 11.7 Å². The molecule has 34 heavy (non-hydrogen) atoms. The molecule has 2 aromatic carbocycles. The van der Waals surface area contributed by atoms with Gasteiger partial charge in [0.2, 0.25) is 5.91 Å². The Morgan fingerprint density at radius 3 is 2.47 bits per heavy atom. The predicted molar refractivity (Wildman–Crippen MR) is 128 cm³/mol. The number of ether oxygens (including phenoxy) is 1. The van der Waals surface area contributed by atoms with Crippen molar-refractivity contribution in [3.63, 3.8) is 0 Å². The Bertz CT molecular complexity index is 1130. The third-order valence-electron chi connectivity index (χ3n) is 5.81. The van der Waals surface area contributed by atoms with Gasteiger partial charge in [-0.1, -0.05) is 54.2 Å². The van der Waals surface area contributed by atoms with E-state index in [1.54, 1.807) is 30.0 Å². The minimum atomic E-state index is -0.374. The predicted octanol–water partition coefficient (Wildman–Crippen LogP) is 4.03. The van der Waals surface area contributed by atoms with Gasteiger partial charge in [0.1, 0.15) is 5.82 Å². The molecule has 9 heteroatoms. The van der Waals surface area contributed by atoms with E-state index in [-0.39, 0.29) is 29.4 Å². The number of aromatic nitrogens is 3. The molecular weight excluding hydrogens is 455 g/mol. The molecular formula is C25H27FN4O3S. The van der Waals surface area contributed by atoms with Crippen molar-refractivity contribution in [2.24, 2.45) is 5.92 Å². The smallest absolute Gasteiger partial charge is 0.309 e. The van der Waals surface area contributed by atoms with Crippen LogP contribution in [0.15, 0.2) is 59.8 Å². The molecule has 1 saturated heterocycles. The summed E-state index contributed by atoms with van der Waals surface area (Å²) < 4.78 is 21.5. The summed E-state index contributed by atoms with van der Waals surface area (Å²) in [5, 5.41) is 9.09. The number of amides is 1. The van der Waals surface area contributed by atoms with Crippen LogP contribution in [0.1, 0.15) is 25.3 Å². The van der Waals surface area contributed by atoms with Crippen LogP contribution in [-0.4, -0.2) is 57.0 Å². The molecule has 0 saturated carbocycles. The van der Waals surface area contributed by atoms with E-state index in [1.165, 1.54) is 17.8 Å². The van der Waals surface area contributed by atoms with Gasteiger partial charge >= 0.3 is 5.97 Å². The second-order valence-corrected chi connectivity index (χ2v) is 9.00. The molecule has 1 aliphatic rings. The third-order valence-corrected chi connectivity index (χ3v) is 6.76. The van der Waals surface area contributed by atoms with Crippen molar-refractivity contribution in [1.29, 1.82) is 0 Å². The summed E-state index contributed by atoms with van der Waals surface area (Å²) in [6.07, 6.45) is 1.22. The number of esters is 1. The molecule has 0 spiro atoms. The summed E-state index contributed by atoms with van der Waals surface area (Å²) in [6.45, 7) is 3.67. The van der Waals surface area contributed by atoms with Crippen LogP contribution >= 0.6 is 11.8 Å². The minimum Gasteiger partial charge on any atom is -0.466 e. The second kappa shape index (κ2) is 11.3. The van der Waals surface area contributed by atoms with Gasteiger partial charge in [-0.15, -0.1) is 10.2 Å². The van der Waals surface area contributed by atoms with Crippen molar-refractivity contribution < 1.29 is 18.7 Å². The lowest BCUT2D eigenvalue weighted by Crippen LogP contribution is -2.41. The fourth-order valence-electron chi connectivity index (χ4n) is 3.99. The first kappa shape index (κ1) is 23.9. The standard InChI is InChI=1S/C25H27FN4O3S/c1-2-33-24(32)19-12-14-29(15-13-19)22(31)17-34-25-28-27-23(20-10-6-7-11-21(20)26)30(25)16-18-8-4-3-5-9-18/h3-11,19H,2,12-17H2,1H3. The lowest BCUT2D eigenvalue weighted by atomic mass is 9.97. The highest BCUT2D eigenvalue weighted by Crippen LogP contribution is 2.28. The topological polar surface area (TPSA) is 77.3 Å². The quantitative estimate of drug-likeness (QED) is 0.356. The Kier molecular flexibility index (Phi) is 7.95. The average molecular weight is 483 g/mol. The van der Waals surface area contributed by atoms with Crippen LogP contribution in [-0.2, 0) is 20.9 Å². The SMILES string of the molecule is CCOC(=O)C1CCN(C(=O)CSc2nnc(-c3ccccc3F)n2Cc2ccccc2)CC1. The maximum Gasteiger partial charge on any atom is 0.309 e. The van der Waals surface area contributed by atoms with Crippen LogP contribution in [0.5, 0.6) is 0 Å². The van der Waals surface area contributed by atoms with Crippen LogP contribution < -0.4 is 0 Å². The van der Waals surface area contributed by atoms with E-state index in [4.69, 9.17) is 4.74 Å². The van der Waals surface area contributed by atoms with Crippen molar-refractivity contribution in [3.05, 3.63) is 66.0 Å². The Morgan fingerprint density at radius 2 is 1.76 bits per heavy atom. The van der Waals surface area contributed by atoms with E-state index in [0.717, 1.165) is 5.56 Å². The van der Waals surface area contributed by atoms with Gasteiger partial charge in [-0.3, -0.25) is 14.2 Å². The molecule has 3 aromatic rings. The Labute approximate surface area is 202 Å². The molecule has 2 heterocycles. The molecule has 1 amide bonds. The largest absolute Gasteiger partial charge is 0.466 e. The van der Waals surface area contributed by atoms with Gasteiger partial charge in [-0.2, -0.15) is 0 Å². The zero-order valence-electron chi connectivity index (χ0n) is 19.0. The number of hydrogen-bond acceptors (Lipinski definition) is 6. The third kappa shape index (κ3) is 5.64. The van der Waals surface area contributed by atoms with Gasteiger partial charge in [-0.05, 0) is 37.5 Å². The molecule has 0 aliphatic carbocycles. The zero-order chi connectivity index (χ0) is 23.9. The molecule has 0 atom stereocenters. The van der Waals surface area contributed by atoms with E-state index >= 15 is 0 Å². The second-order valence-electron chi connectivity index (χ2n) is 8.05. The highest BCUT2D eigenvalue weighted by Gasteiger charge is 2.28. The molecule has 0 N–H and O–H groups in total. The van der Waals surface area contributed by atoms with Gasteiger partial charge in [0.05, 0.1) is 30.4 Å². The van der Waals surface area contributed by atoms with Crippen LogP contribution in [0.25, 0.3) is 11.4 Å². The summed E-state index contributed by atoms with van der Waals surface area (Å²) in [5.74, 6) is -0.107. The fraction of sp³-hybridized carbons (Fsp3) is 0.360. The number of rotatable bonds is 8. The van der Waals surface area contributed by atoms with Crippen LogP contribution in [0.2, 0.25) is 0 Å². The summed E-state index contributed by atoms with van der Waals surface area (Å²) >= 11 is 1.29.